The summed E-state index contributed by atoms with van der Waals surface area (Å²) in [7, 11) is 3.85. The maximum absolute atomic E-state index is 12.6. The van der Waals surface area contributed by atoms with Crippen molar-refractivity contribution in [2.45, 2.75) is 19.8 Å². The van der Waals surface area contributed by atoms with Crippen molar-refractivity contribution in [2.24, 2.45) is 5.92 Å². The lowest BCUT2D eigenvalue weighted by molar-refractivity contribution is 0.0949. The predicted molar refractivity (Wildman–Crippen MR) is 98.6 cm³/mol. The van der Waals surface area contributed by atoms with Gasteiger partial charge in [0, 0.05) is 32.4 Å². The first-order valence-electron chi connectivity index (χ1n) is 8.52. The monoisotopic (exact) mass is 364 g/mol. The molecule has 136 valence electrons. The molecule has 1 fully saturated rings. The molecule has 0 saturated carbocycles. The number of carbonyl (C=O) groups excluding carboxylic acids is 1. The van der Waals surface area contributed by atoms with Crippen LogP contribution in [0.4, 0.5) is 5.13 Å². The fourth-order valence-corrected chi connectivity index (χ4v) is 3.81. The van der Waals surface area contributed by atoms with E-state index in [0.29, 0.717) is 24.0 Å². The van der Waals surface area contributed by atoms with Crippen LogP contribution in [0.15, 0.2) is 11.0 Å². The molecule has 2 aromatic heterocycles. The summed E-state index contributed by atoms with van der Waals surface area (Å²) >= 11 is 1.39. The van der Waals surface area contributed by atoms with E-state index in [-0.39, 0.29) is 5.56 Å². The lowest BCUT2D eigenvalue weighted by Crippen LogP contribution is -2.36. The molecule has 1 aliphatic rings. The fourth-order valence-electron chi connectivity index (χ4n) is 2.91. The molecule has 0 aliphatic carbocycles. The largest absolute Gasteiger partial charge is 0.351 e. The van der Waals surface area contributed by atoms with Crippen molar-refractivity contribution in [3.05, 3.63) is 22.1 Å². The first-order chi connectivity index (χ1) is 12.0. The Hall–Kier alpha value is -2.00. The highest BCUT2D eigenvalue weighted by Crippen LogP contribution is 2.26. The maximum Gasteiger partial charge on any atom is 0.288 e. The minimum atomic E-state index is -0.417. The first-order valence-corrected chi connectivity index (χ1v) is 9.34. The second kappa shape index (κ2) is 7.49. The highest BCUT2D eigenvalue weighted by atomic mass is 32.1. The van der Waals surface area contributed by atoms with Gasteiger partial charge in [-0.3, -0.25) is 9.59 Å². The summed E-state index contributed by atoms with van der Waals surface area (Å²) in [6, 6.07) is 0. The zero-order chi connectivity index (χ0) is 18.0. The number of hydrogen-bond donors (Lipinski definition) is 1. The van der Waals surface area contributed by atoms with Crippen molar-refractivity contribution in [1.29, 1.82) is 0 Å². The molecule has 0 aromatic carbocycles. The number of nitrogens with one attached hydrogen (secondary N) is 1. The van der Waals surface area contributed by atoms with Crippen LogP contribution < -0.4 is 15.8 Å². The van der Waals surface area contributed by atoms with Gasteiger partial charge < -0.3 is 15.1 Å². The summed E-state index contributed by atoms with van der Waals surface area (Å²) in [6.45, 7) is 5.28. The maximum atomic E-state index is 12.6. The van der Waals surface area contributed by atoms with E-state index >= 15 is 0 Å². The Labute approximate surface area is 150 Å². The summed E-state index contributed by atoms with van der Waals surface area (Å²) in [5.41, 5.74) is -0.389. The quantitative estimate of drug-likeness (QED) is 0.840. The van der Waals surface area contributed by atoms with E-state index in [4.69, 9.17) is 0 Å². The third kappa shape index (κ3) is 3.98. The number of rotatable bonds is 5. The van der Waals surface area contributed by atoms with Gasteiger partial charge in [-0.25, -0.2) is 4.98 Å². The smallest absolute Gasteiger partial charge is 0.288 e. The van der Waals surface area contributed by atoms with Gasteiger partial charge in [0.25, 0.3) is 11.5 Å². The van der Waals surface area contributed by atoms with Crippen molar-refractivity contribution in [1.82, 2.24) is 24.8 Å². The molecule has 1 amide bonds. The summed E-state index contributed by atoms with van der Waals surface area (Å²) in [4.78, 5) is 33.8. The summed E-state index contributed by atoms with van der Waals surface area (Å²) in [5, 5.41) is 7.96. The van der Waals surface area contributed by atoms with Gasteiger partial charge in [0.2, 0.25) is 10.1 Å². The van der Waals surface area contributed by atoms with Gasteiger partial charge in [0.1, 0.15) is 5.56 Å². The molecule has 0 bridgehead atoms. The van der Waals surface area contributed by atoms with Gasteiger partial charge in [-0.15, -0.1) is 5.10 Å². The number of hydrogen-bond acceptors (Lipinski definition) is 7. The van der Waals surface area contributed by atoms with Crippen LogP contribution in [0.25, 0.3) is 4.96 Å². The molecule has 8 nitrogen and oxygen atoms in total. The number of amides is 1. The van der Waals surface area contributed by atoms with Gasteiger partial charge in [-0.2, -0.15) is 4.52 Å². The molecule has 25 heavy (non-hydrogen) atoms. The van der Waals surface area contributed by atoms with E-state index in [1.54, 1.807) is 0 Å². The van der Waals surface area contributed by atoms with Crippen LogP contribution in [0.3, 0.4) is 0 Å². The number of piperidine rings is 1. The van der Waals surface area contributed by atoms with Gasteiger partial charge in [-0.05, 0) is 32.9 Å². The number of fused-ring (bicyclic) bond motifs is 1. The van der Waals surface area contributed by atoms with Crippen molar-refractivity contribution in [2.75, 3.05) is 45.2 Å². The minimum absolute atomic E-state index is 0.0279. The van der Waals surface area contributed by atoms with E-state index in [9.17, 15) is 9.59 Å². The highest BCUT2D eigenvalue weighted by molar-refractivity contribution is 7.20. The summed E-state index contributed by atoms with van der Waals surface area (Å²) in [5.74, 6) is 0.207. The molecule has 3 rings (SSSR count). The van der Waals surface area contributed by atoms with E-state index in [0.717, 1.165) is 24.6 Å². The Bertz CT molecular complexity index is 815. The van der Waals surface area contributed by atoms with Crippen LogP contribution in [0.1, 0.15) is 30.1 Å². The third-order valence-corrected chi connectivity index (χ3v) is 5.28. The average Bonchev–Trinajstić information content (AvgIpc) is 3.00. The van der Waals surface area contributed by atoms with Crippen molar-refractivity contribution in [3.63, 3.8) is 0 Å². The normalized spacial score (nSPS) is 18.1. The van der Waals surface area contributed by atoms with Gasteiger partial charge >= 0.3 is 0 Å². The number of aromatic nitrogens is 3. The standard InChI is InChI=1S/C16H24N6O2S/c1-11-5-4-7-21(10-11)16-19-22-14(24)12(9-18-15(22)25-16)13(23)17-6-8-20(2)3/h9,11H,4-8,10H2,1-3H3,(H,17,23)/t11-/m0/s1. The fraction of sp³-hybridized carbons (Fsp3) is 0.625. The molecule has 0 radical (unpaired) electrons. The number of anilines is 1. The molecule has 3 heterocycles. The van der Waals surface area contributed by atoms with Gasteiger partial charge in [-0.1, -0.05) is 18.3 Å². The van der Waals surface area contributed by atoms with E-state index in [2.05, 4.69) is 27.2 Å². The van der Waals surface area contributed by atoms with Crippen LogP contribution in [-0.4, -0.2) is 65.7 Å². The topological polar surface area (TPSA) is 82.8 Å². The summed E-state index contributed by atoms with van der Waals surface area (Å²) < 4.78 is 1.25. The molecule has 2 aromatic rings. The lowest BCUT2D eigenvalue weighted by atomic mass is 10.0. The Kier molecular flexibility index (Phi) is 5.33. The molecular formula is C16H24N6O2S. The predicted octanol–water partition coefficient (Wildman–Crippen LogP) is 0.679. The first kappa shape index (κ1) is 17.8. The highest BCUT2D eigenvalue weighted by Gasteiger charge is 2.22. The molecule has 1 aliphatic heterocycles. The van der Waals surface area contributed by atoms with Crippen molar-refractivity contribution in [3.8, 4) is 0 Å². The summed E-state index contributed by atoms with van der Waals surface area (Å²) in [6.07, 6.45) is 3.69. The SMILES string of the molecule is C[C@H]1CCCN(c2nn3c(=O)c(C(=O)NCCN(C)C)cnc3s2)C1. The second-order valence-electron chi connectivity index (χ2n) is 6.81. The van der Waals surface area contributed by atoms with Gasteiger partial charge in [0.15, 0.2) is 0 Å². The molecule has 1 atom stereocenters. The molecule has 0 spiro atoms. The third-order valence-electron chi connectivity index (χ3n) is 4.29. The van der Waals surface area contributed by atoms with Crippen LogP contribution in [0.5, 0.6) is 0 Å². The van der Waals surface area contributed by atoms with E-state index in [1.165, 1.54) is 28.5 Å². The Morgan fingerprint density at radius 1 is 1.48 bits per heavy atom. The van der Waals surface area contributed by atoms with Crippen LogP contribution in [0, 0.1) is 5.92 Å². The zero-order valence-corrected chi connectivity index (χ0v) is 15.7. The lowest BCUT2D eigenvalue weighted by Gasteiger charge is -2.30. The average molecular weight is 364 g/mol. The zero-order valence-electron chi connectivity index (χ0n) is 14.9. The van der Waals surface area contributed by atoms with Gasteiger partial charge in [0.05, 0.1) is 0 Å². The molecule has 0 unspecified atom stereocenters. The van der Waals surface area contributed by atoms with Crippen LogP contribution in [-0.2, 0) is 0 Å². The Morgan fingerprint density at radius 2 is 2.28 bits per heavy atom. The van der Waals surface area contributed by atoms with E-state index < -0.39 is 11.5 Å². The second-order valence-corrected chi connectivity index (χ2v) is 7.74. The number of carbonyl (C=O) groups is 1. The molecule has 9 heteroatoms. The van der Waals surface area contributed by atoms with Crippen LogP contribution in [0.2, 0.25) is 0 Å². The van der Waals surface area contributed by atoms with Crippen LogP contribution >= 0.6 is 11.3 Å². The number of nitrogens with zero attached hydrogens (tertiary/aromatic N) is 5. The Balaban J connectivity index is 1.82. The van der Waals surface area contributed by atoms with E-state index in [1.807, 2.05) is 19.0 Å². The van der Waals surface area contributed by atoms with Crippen molar-refractivity contribution < 1.29 is 4.79 Å². The molecule has 1 N–H and O–H groups in total. The molecule has 1 saturated heterocycles. The minimum Gasteiger partial charge on any atom is -0.351 e. The Morgan fingerprint density at radius 3 is 3.00 bits per heavy atom. The molecular weight excluding hydrogens is 340 g/mol. The number of likely N-dealkylation sites (N-methyl/N-ethyl adjacent to an activating group) is 1. The van der Waals surface area contributed by atoms with Crippen molar-refractivity contribution >= 4 is 27.3 Å².